The van der Waals surface area contributed by atoms with Crippen LogP contribution >= 0.6 is 0 Å². The first-order valence-corrected chi connectivity index (χ1v) is 16.1. The van der Waals surface area contributed by atoms with Crippen molar-refractivity contribution in [3.8, 4) is 11.5 Å². The number of pyridine rings is 1. The Hall–Kier alpha value is -4.07. The van der Waals surface area contributed by atoms with Gasteiger partial charge in [0.25, 0.3) is 5.91 Å². The van der Waals surface area contributed by atoms with Gasteiger partial charge in [-0.1, -0.05) is 45.9 Å². The van der Waals surface area contributed by atoms with Gasteiger partial charge in [0.2, 0.25) is 0 Å². The molecule has 1 aliphatic carbocycles. The van der Waals surface area contributed by atoms with Gasteiger partial charge < -0.3 is 19.5 Å². The van der Waals surface area contributed by atoms with E-state index < -0.39 is 5.97 Å². The smallest absolute Gasteiger partial charge is 0.307 e. The molecule has 1 aliphatic heterocycles. The van der Waals surface area contributed by atoms with Gasteiger partial charge in [-0.05, 0) is 90.8 Å². The second kappa shape index (κ2) is 13.9. The Morgan fingerprint density at radius 3 is 2.49 bits per heavy atom. The fourth-order valence-corrected chi connectivity index (χ4v) is 6.31. The van der Waals surface area contributed by atoms with E-state index in [4.69, 9.17) is 9.47 Å². The number of anilines is 2. The summed E-state index contributed by atoms with van der Waals surface area (Å²) in [6, 6.07) is 19.3. The lowest BCUT2D eigenvalue weighted by molar-refractivity contribution is -0.142. The molecule has 45 heavy (non-hydrogen) atoms. The Morgan fingerprint density at radius 1 is 1.04 bits per heavy atom. The van der Waals surface area contributed by atoms with Crippen molar-refractivity contribution in [1.29, 1.82) is 0 Å². The van der Waals surface area contributed by atoms with Crippen molar-refractivity contribution >= 4 is 23.4 Å². The third-order valence-electron chi connectivity index (χ3n) is 8.99. The van der Waals surface area contributed by atoms with E-state index in [0.29, 0.717) is 54.5 Å². The molecule has 2 aliphatic rings. The fraction of sp³-hybridized carbons (Fsp3) is 0.486. The topological polar surface area (TPSA) is 92.2 Å². The first-order valence-electron chi connectivity index (χ1n) is 16.1. The van der Waals surface area contributed by atoms with E-state index in [1.807, 2.05) is 60.7 Å². The van der Waals surface area contributed by atoms with Crippen LogP contribution in [0.2, 0.25) is 0 Å². The Labute approximate surface area is 267 Å². The third-order valence-corrected chi connectivity index (χ3v) is 8.99. The molecular formula is C37H47N3O5. The largest absolute Gasteiger partial charge is 0.497 e. The lowest BCUT2D eigenvalue weighted by atomic mass is 9.87. The average molecular weight is 614 g/mol. The number of carboxylic acid groups (broad SMARTS) is 1. The van der Waals surface area contributed by atoms with Gasteiger partial charge in [0.1, 0.15) is 17.3 Å². The normalized spacial score (nSPS) is 19.1. The maximum atomic E-state index is 14.2. The summed E-state index contributed by atoms with van der Waals surface area (Å²) in [5.41, 5.74) is 2.39. The second-order valence-corrected chi connectivity index (χ2v) is 13.9. The summed E-state index contributed by atoms with van der Waals surface area (Å²) < 4.78 is 11.9. The molecule has 1 saturated heterocycles. The van der Waals surface area contributed by atoms with Crippen LogP contribution < -0.4 is 19.3 Å². The lowest BCUT2D eigenvalue weighted by Crippen LogP contribution is -2.43. The van der Waals surface area contributed by atoms with Crippen LogP contribution in [0.15, 0.2) is 66.9 Å². The highest BCUT2D eigenvalue weighted by Gasteiger charge is 2.36. The number of carbonyl (C=O) groups excluding carboxylic acids is 1. The first kappa shape index (κ1) is 32.3. The number of rotatable bonds is 12. The molecule has 240 valence electrons. The summed E-state index contributed by atoms with van der Waals surface area (Å²) in [5, 5.41) is 9.66. The average Bonchev–Trinajstić information content (AvgIpc) is 3.87. The summed E-state index contributed by atoms with van der Waals surface area (Å²) in [7, 11) is 1.65. The van der Waals surface area contributed by atoms with Crippen LogP contribution in [0.1, 0.15) is 62.9 Å². The van der Waals surface area contributed by atoms with Crippen molar-refractivity contribution < 1.29 is 24.2 Å². The summed E-state index contributed by atoms with van der Waals surface area (Å²) in [5.74, 6) is 2.01. The molecule has 1 saturated carbocycles. The number of amides is 1. The molecular weight excluding hydrogens is 566 g/mol. The summed E-state index contributed by atoms with van der Waals surface area (Å²) in [6.45, 7) is 11.3. The molecule has 1 N–H and O–H groups in total. The van der Waals surface area contributed by atoms with Crippen molar-refractivity contribution in [1.82, 2.24) is 4.98 Å². The van der Waals surface area contributed by atoms with Crippen LogP contribution in [-0.2, 0) is 11.2 Å². The minimum absolute atomic E-state index is 0.0777. The number of benzene rings is 2. The van der Waals surface area contributed by atoms with Crippen LogP contribution in [0.25, 0.3) is 0 Å². The number of aromatic nitrogens is 1. The Morgan fingerprint density at radius 2 is 1.84 bits per heavy atom. The molecule has 1 aromatic heterocycles. The molecule has 8 heteroatoms. The first-order chi connectivity index (χ1) is 21.5. The predicted octanol–water partition coefficient (Wildman–Crippen LogP) is 6.98. The molecule has 2 aromatic carbocycles. The van der Waals surface area contributed by atoms with Gasteiger partial charge in [0, 0.05) is 31.9 Å². The van der Waals surface area contributed by atoms with Crippen molar-refractivity contribution in [2.45, 2.75) is 53.4 Å². The van der Waals surface area contributed by atoms with E-state index in [1.165, 1.54) is 0 Å². The van der Waals surface area contributed by atoms with Crippen LogP contribution in [-0.4, -0.2) is 55.3 Å². The van der Waals surface area contributed by atoms with E-state index >= 15 is 0 Å². The maximum Gasteiger partial charge on any atom is 0.307 e. The van der Waals surface area contributed by atoms with Crippen LogP contribution in [0.4, 0.5) is 11.5 Å². The molecule has 3 atom stereocenters. The lowest BCUT2D eigenvalue weighted by Gasteiger charge is -2.39. The zero-order valence-electron chi connectivity index (χ0n) is 27.2. The number of piperidine rings is 1. The molecule has 0 spiro atoms. The maximum absolute atomic E-state index is 14.2. The fourth-order valence-electron chi connectivity index (χ4n) is 6.31. The van der Waals surface area contributed by atoms with Crippen LogP contribution in [0.3, 0.4) is 0 Å². The standard InChI is InChI=1S/C37H47N3O5/c1-25-22-39(18-16-28(25)23-45-30-10-8-9-26(19-30)20-32(36(42)43)27-12-13-27)33-21-29(44-5)14-15-31(33)35(41)40(24-37(2,3)4)34-11-6-7-17-38-34/h6-11,14-15,17,19,21,25,27-28,32H,12-13,16,18,20,22-24H2,1-5H3,(H,42,43). The number of hydrogen-bond acceptors (Lipinski definition) is 6. The summed E-state index contributed by atoms with van der Waals surface area (Å²) in [6.07, 6.45) is 5.20. The molecule has 8 nitrogen and oxygen atoms in total. The van der Waals surface area contributed by atoms with Crippen molar-refractivity contribution in [3.05, 3.63) is 78.0 Å². The summed E-state index contributed by atoms with van der Waals surface area (Å²) >= 11 is 0. The second-order valence-electron chi connectivity index (χ2n) is 13.9. The molecule has 0 radical (unpaired) electrons. The zero-order valence-corrected chi connectivity index (χ0v) is 27.2. The van der Waals surface area contributed by atoms with Gasteiger partial charge in [0.05, 0.1) is 30.9 Å². The number of methoxy groups -OCH3 is 1. The minimum Gasteiger partial charge on any atom is -0.497 e. The predicted molar refractivity (Wildman–Crippen MR) is 177 cm³/mol. The van der Waals surface area contributed by atoms with Gasteiger partial charge in [-0.2, -0.15) is 0 Å². The molecule has 2 heterocycles. The van der Waals surface area contributed by atoms with E-state index in [9.17, 15) is 14.7 Å². The quantitative estimate of drug-likeness (QED) is 0.236. The monoisotopic (exact) mass is 613 g/mol. The van der Waals surface area contributed by atoms with E-state index in [1.54, 1.807) is 18.2 Å². The van der Waals surface area contributed by atoms with E-state index in [2.05, 4.69) is 37.6 Å². The highest BCUT2D eigenvalue weighted by Crippen LogP contribution is 2.39. The van der Waals surface area contributed by atoms with Crippen molar-refractivity contribution in [2.75, 3.05) is 43.2 Å². The number of carboxylic acids is 1. The van der Waals surface area contributed by atoms with Crippen molar-refractivity contribution in [2.24, 2.45) is 29.1 Å². The number of hydrogen-bond donors (Lipinski definition) is 1. The van der Waals surface area contributed by atoms with Gasteiger partial charge >= 0.3 is 5.97 Å². The molecule has 3 unspecified atom stereocenters. The Bertz CT molecular complexity index is 1470. The van der Waals surface area contributed by atoms with E-state index in [0.717, 1.165) is 49.4 Å². The highest BCUT2D eigenvalue weighted by atomic mass is 16.5. The summed E-state index contributed by atoms with van der Waals surface area (Å²) in [4.78, 5) is 34.6. The zero-order chi connectivity index (χ0) is 32.1. The minimum atomic E-state index is -0.705. The molecule has 0 bridgehead atoms. The van der Waals surface area contributed by atoms with E-state index in [-0.39, 0.29) is 17.2 Å². The van der Waals surface area contributed by atoms with Crippen LogP contribution in [0.5, 0.6) is 11.5 Å². The number of carbonyl (C=O) groups is 2. The van der Waals surface area contributed by atoms with Gasteiger partial charge in [-0.25, -0.2) is 4.98 Å². The number of ether oxygens (including phenoxy) is 2. The number of nitrogens with zero attached hydrogens (tertiary/aromatic N) is 3. The number of aliphatic carboxylic acids is 1. The van der Waals surface area contributed by atoms with Gasteiger partial charge in [-0.15, -0.1) is 0 Å². The Balaban J connectivity index is 1.28. The molecule has 5 rings (SSSR count). The highest BCUT2D eigenvalue weighted by molar-refractivity contribution is 6.09. The Kier molecular flexibility index (Phi) is 10.0. The van der Waals surface area contributed by atoms with Crippen molar-refractivity contribution in [3.63, 3.8) is 0 Å². The molecule has 3 aromatic rings. The molecule has 1 amide bonds. The third kappa shape index (κ3) is 8.35. The van der Waals surface area contributed by atoms with Gasteiger partial charge in [-0.3, -0.25) is 14.5 Å². The van der Waals surface area contributed by atoms with Gasteiger partial charge in [0.15, 0.2) is 0 Å². The molecule has 2 fully saturated rings. The van der Waals surface area contributed by atoms with Crippen LogP contribution in [0, 0.1) is 29.1 Å². The SMILES string of the molecule is COc1ccc(C(=O)N(CC(C)(C)C)c2ccccn2)c(N2CCC(COc3cccc(CC(C(=O)O)C4CC4)c3)C(C)C2)c1.